The molecule has 0 saturated carbocycles. The summed E-state index contributed by atoms with van der Waals surface area (Å²) < 4.78 is 19.7. The quantitative estimate of drug-likeness (QED) is 0.299. The maximum Gasteiger partial charge on any atom is 0.333 e. The lowest BCUT2D eigenvalue weighted by Crippen LogP contribution is -2.25. The van der Waals surface area contributed by atoms with Crippen molar-refractivity contribution in [2.75, 3.05) is 28.4 Å². The molecule has 0 heterocycles. The predicted molar refractivity (Wildman–Crippen MR) is 116 cm³/mol. The molecule has 0 fully saturated rings. The first-order valence-electron chi connectivity index (χ1n) is 9.95. The molecule has 1 aliphatic rings. The van der Waals surface area contributed by atoms with Crippen LogP contribution >= 0.6 is 0 Å². The van der Waals surface area contributed by atoms with Gasteiger partial charge in [-0.2, -0.15) is 0 Å². The monoisotopic (exact) mass is 470 g/mol. The van der Waals surface area contributed by atoms with Crippen molar-refractivity contribution in [3.63, 3.8) is 0 Å². The molecule has 1 atom stereocenters. The number of esters is 2. The van der Waals surface area contributed by atoms with Gasteiger partial charge < -0.3 is 29.2 Å². The summed E-state index contributed by atoms with van der Waals surface area (Å²) in [4.78, 5) is 50.5. The summed E-state index contributed by atoms with van der Waals surface area (Å²) in [5, 5.41) is 21.4. The fraction of sp³-hybridized carbons (Fsp3) is 0.250. The van der Waals surface area contributed by atoms with Crippen molar-refractivity contribution in [2.24, 2.45) is 5.92 Å². The number of carbonyl (C=O) groups is 4. The van der Waals surface area contributed by atoms with Crippen LogP contribution in [0.5, 0.6) is 17.2 Å². The van der Waals surface area contributed by atoms with Crippen LogP contribution in [0.15, 0.2) is 36.1 Å². The topological polar surface area (TPSA) is 146 Å². The Kier molecular flexibility index (Phi) is 6.90. The van der Waals surface area contributed by atoms with Gasteiger partial charge in [-0.1, -0.05) is 12.1 Å². The SMILES string of the molecule is COC(=O)C=C(O)C(Cc1cc(OC)c2c(c1O)C(=O)c1c(OC)cccc1C2=O)C(=O)OC. The highest BCUT2D eigenvalue weighted by atomic mass is 16.5. The minimum absolute atomic E-state index is 0.00434. The van der Waals surface area contributed by atoms with Crippen LogP contribution in [0, 0.1) is 5.92 Å². The molecule has 0 radical (unpaired) electrons. The number of hydrogen-bond donors (Lipinski definition) is 2. The third-order valence-electron chi connectivity index (χ3n) is 5.47. The minimum Gasteiger partial charge on any atom is -0.511 e. The lowest BCUT2D eigenvalue weighted by molar-refractivity contribution is -0.145. The number of fused-ring (bicyclic) bond motifs is 2. The number of aliphatic hydroxyl groups excluding tert-OH is 1. The fourth-order valence-electron chi connectivity index (χ4n) is 3.80. The van der Waals surface area contributed by atoms with Gasteiger partial charge in [0.1, 0.15) is 28.9 Å². The molecule has 2 aromatic carbocycles. The molecule has 0 aliphatic heterocycles. The zero-order valence-corrected chi connectivity index (χ0v) is 18.8. The van der Waals surface area contributed by atoms with Crippen LogP contribution in [0.2, 0.25) is 0 Å². The molecule has 3 rings (SSSR count). The standard InChI is InChI=1S/C24H22O10/c1-31-15-7-5-6-12-18(15)23(29)20-19(22(12)28)16(32-2)9-11(21(20)27)8-13(24(30)34-4)14(25)10-17(26)33-3/h5-7,9-10,13,25,27H,8H2,1-4H3. The Hall–Kier alpha value is -4.34. The van der Waals surface area contributed by atoms with E-state index in [0.29, 0.717) is 6.08 Å². The molecule has 2 aromatic rings. The van der Waals surface area contributed by atoms with Crippen LogP contribution in [-0.4, -0.2) is 62.2 Å². The largest absolute Gasteiger partial charge is 0.511 e. The molecule has 2 N–H and O–H groups in total. The van der Waals surface area contributed by atoms with Crippen LogP contribution in [0.1, 0.15) is 37.4 Å². The van der Waals surface area contributed by atoms with Gasteiger partial charge in [-0.05, 0) is 24.1 Å². The van der Waals surface area contributed by atoms with E-state index in [9.17, 15) is 29.4 Å². The number of methoxy groups -OCH3 is 4. The highest BCUT2D eigenvalue weighted by Gasteiger charge is 2.39. The van der Waals surface area contributed by atoms with Crippen LogP contribution in [0.25, 0.3) is 0 Å². The summed E-state index contributed by atoms with van der Waals surface area (Å²) in [6.07, 6.45) is 0.311. The summed E-state index contributed by atoms with van der Waals surface area (Å²) >= 11 is 0. The predicted octanol–water partition coefficient (Wildman–Crippen LogP) is 2.13. The van der Waals surface area contributed by atoms with Crippen LogP contribution in [0.4, 0.5) is 0 Å². The fourth-order valence-corrected chi connectivity index (χ4v) is 3.80. The molecule has 0 bridgehead atoms. The Labute approximate surface area is 194 Å². The maximum atomic E-state index is 13.4. The number of aromatic hydroxyl groups is 1. The Morgan fingerprint density at radius 3 is 2.21 bits per heavy atom. The molecule has 0 saturated heterocycles. The summed E-state index contributed by atoms with van der Waals surface area (Å²) in [6, 6.07) is 5.82. The summed E-state index contributed by atoms with van der Waals surface area (Å²) in [5.41, 5.74) is -0.395. The first-order valence-corrected chi connectivity index (χ1v) is 9.95. The van der Waals surface area contributed by atoms with Gasteiger partial charge in [-0.25, -0.2) is 4.79 Å². The third-order valence-corrected chi connectivity index (χ3v) is 5.47. The van der Waals surface area contributed by atoms with Gasteiger partial charge in [0.15, 0.2) is 5.78 Å². The van der Waals surface area contributed by atoms with Crippen molar-refractivity contribution in [3.8, 4) is 17.2 Å². The number of benzene rings is 2. The Bertz CT molecular complexity index is 1220. The van der Waals surface area contributed by atoms with Gasteiger partial charge in [0, 0.05) is 5.56 Å². The number of phenols is 1. The van der Waals surface area contributed by atoms with Crippen molar-refractivity contribution in [3.05, 3.63) is 63.9 Å². The number of rotatable bonds is 7. The van der Waals surface area contributed by atoms with Crippen LogP contribution in [-0.2, 0) is 25.5 Å². The van der Waals surface area contributed by atoms with Gasteiger partial charge in [-0.15, -0.1) is 0 Å². The average Bonchev–Trinajstić information content (AvgIpc) is 2.84. The van der Waals surface area contributed by atoms with Gasteiger partial charge in [-0.3, -0.25) is 14.4 Å². The minimum atomic E-state index is -1.42. The number of hydrogen-bond acceptors (Lipinski definition) is 10. The van der Waals surface area contributed by atoms with Crippen molar-refractivity contribution < 1.29 is 48.3 Å². The zero-order valence-electron chi connectivity index (χ0n) is 18.8. The highest BCUT2D eigenvalue weighted by Crippen LogP contribution is 2.43. The first-order chi connectivity index (χ1) is 16.2. The normalized spacial score (nSPS) is 13.5. The number of carbonyl (C=O) groups excluding carboxylic acids is 4. The number of ketones is 2. The van der Waals surface area contributed by atoms with Gasteiger partial charge in [0.25, 0.3) is 0 Å². The number of ether oxygens (including phenoxy) is 4. The van der Waals surface area contributed by atoms with E-state index in [1.807, 2.05) is 0 Å². The second kappa shape index (κ2) is 9.65. The highest BCUT2D eigenvalue weighted by molar-refractivity contribution is 6.31. The van der Waals surface area contributed by atoms with E-state index in [1.165, 1.54) is 32.4 Å². The van der Waals surface area contributed by atoms with Crippen molar-refractivity contribution in [1.29, 1.82) is 0 Å². The Morgan fingerprint density at radius 2 is 1.62 bits per heavy atom. The Morgan fingerprint density at radius 1 is 0.941 bits per heavy atom. The summed E-state index contributed by atoms with van der Waals surface area (Å²) in [6.45, 7) is 0. The van der Waals surface area contributed by atoms with E-state index >= 15 is 0 Å². The van der Waals surface area contributed by atoms with E-state index in [0.717, 1.165) is 14.2 Å². The molecular formula is C24H22O10. The maximum absolute atomic E-state index is 13.4. The van der Waals surface area contributed by atoms with Gasteiger partial charge in [0.05, 0.1) is 51.2 Å². The zero-order chi connectivity index (χ0) is 25.2. The second-order valence-electron chi connectivity index (χ2n) is 7.25. The lowest BCUT2D eigenvalue weighted by atomic mass is 9.80. The molecule has 0 aromatic heterocycles. The molecule has 1 aliphatic carbocycles. The first kappa shape index (κ1) is 24.3. The molecule has 0 amide bonds. The molecule has 0 spiro atoms. The van der Waals surface area contributed by atoms with Crippen molar-refractivity contribution in [1.82, 2.24) is 0 Å². The summed E-state index contributed by atoms with van der Waals surface area (Å²) in [7, 11) is 4.80. The van der Waals surface area contributed by atoms with Crippen LogP contribution < -0.4 is 9.47 Å². The Balaban J connectivity index is 2.20. The van der Waals surface area contributed by atoms with E-state index in [2.05, 4.69) is 4.74 Å². The van der Waals surface area contributed by atoms with E-state index in [1.54, 1.807) is 6.07 Å². The molecule has 10 heteroatoms. The van der Waals surface area contributed by atoms with E-state index in [-0.39, 0.29) is 45.7 Å². The smallest absolute Gasteiger partial charge is 0.333 e. The van der Waals surface area contributed by atoms with E-state index in [4.69, 9.17) is 14.2 Å². The molecule has 34 heavy (non-hydrogen) atoms. The summed E-state index contributed by atoms with van der Waals surface area (Å²) in [5.74, 6) is -5.61. The average molecular weight is 470 g/mol. The molecular weight excluding hydrogens is 448 g/mol. The molecule has 1 unspecified atom stereocenters. The van der Waals surface area contributed by atoms with Crippen LogP contribution in [0.3, 0.4) is 0 Å². The van der Waals surface area contributed by atoms with Gasteiger partial charge >= 0.3 is 11.9 Å². The lowest BCUT2D eigenvalue weighted by Gasteiger charge is -2.24. The van der Waals surface area contributed by atoms with Crippen molar-refractivity contribution in [2.45, 2.75) is 6.42 Å². The molecule has 178 valence electrons. The number of aliphatic hydroxyl groups is 1. The molecule has 10 nitrogen and oxygen atoms in total. The van der Waals surface area contributed by atoms with E-state index < -0.39 is 40.9 Å². The van der Waals surface area contributed by atoms with Gasteiger partial charge in [0.2, 0.25) is 5.78 Å². The third kappa shape index (κ3) is 4.05. The number of phenolic OH excluding ortho intramolecular Hbond substituents is 1. The van der Waals surface area contributed by atoms with Crippen molar-refractivity contribution >= 4 is 23.5 Å². The second-order valence-corrected chi connectivity index (χ2v) is 7.25.